The first-order chi connectivity index (χ1) is 21.3. The van der Waals surface area contributed by atoms with Crippen LogP contribution in [0.25, 0.3) is 60.4 Å². The highest BCUT2D eigenvalue weighted by Crippen LogP contribution is 2.39. The lowest BCUT2D eigenvalue weighted by atomic mass is 10.1. The number of aromatic amines is 1. The van der Waals surface area contributed by atoms with E-state index >= 15 is 0 Å². The summed E-state index contributed by atoms with van der Waals surface area (Å²) in [4.78, 5) is 2.88. The highest BCUT2D eigenvalue weighted by Gasteiger charge is 2.17. The maximum absolute atomic E-state index is 9.09. The van der Waals surface area contributed by atoms with Crippen LogP contribution in [-0.2, 0) is 0 Å². The Bertz CT molecular complexity index is 2450. The fraction of sp³-hybridized carbons (Fsp3) is 0. The van der Waals surface area contributed by atoms with Crippen LogP contribution >= 0.6 is 0 Å². The summed E-state index contributed by atoms with van der Waals surface area (Å²) < 4.78 is 113. The molecule has 0 amide bonds. The van der Waals surface area contributed by atoms with Crippen LogP contribution in [0.1, 0.15) is 17.8 Å². The Kier molecular flexibility index (Phi) is 1.87. The van der Waals surface area contributed by atoms with Crippen LogP contribution in [0.15, 0.2) is 115 Å². The first-order valence-corrected chi connectivity index (χ1v) is 9.90. The minimum absolute atomic E-state index is 0.00828. The maximum atomic E-state index is 9.09. The molecule has 1 N–H and O–H groups in total. The molecule has 0 aliphatic carbocycles. The molecule has 0 saturated carbocycles. The molecule has 2 heteroatoms. The molecule has 0 aliphatic rings. The normalized spacial score (nSPS) is 17.4. The van der Waals surface area contributed by atoms with Gasteiger partial charge in [-0.15, -0.1) is 0 Å². The third-order valence-electron chi connectivity index (χ3n) is 5.58. The molecule has 0 saturated heterocycles. The highest BCUT2D eigenvalue weighted by molar-refractivity contribution is 6.28. The van der Waals surface area contributed by atoms with E-state index in [1.54, 1.807) is 18.2 Å². The van der Waals surface area contributed by atoms with Gasteiger partial charge in [-0.05, 0) is 47.4 Å². The molecule has 0 aliphatic heterocycles. The van der Waals surface area contributed by atoms with Crippen molar-refractivity contribution in [2.24, 2.45) is 0 Å². The van der Waals surface area contributed by atoms with E-state index in [1.807, 2.05) is 0 Å². The lowest BCUT2D eigenvalue weighted by Crippen LogP contribution is -1.93. The topological polar surface area (TPSA) is 20.7 Å². The van der Waals surface area contributed by atoms with E-state index in [9.17, 15) is 0 Å². The molecule has 32 heavy (non-hydrogen) atoms. The number of benzene rings is 5. The minimum Gasteiger partial charge on any atom is -0.354 e. The average molecular weight is 422 g/mol. The number of nitrogens with one attached hydrogen (secondary N) is 1. The van der Waals surface area contributed by atoms with Crippen LogP contribution < -0.4 is 0 Å². The monoisotopic (exact) mass is 421 g/mol. The van der Waals surface area contributed by atoms with Crippen molar-refractivity contribution in [3.63, 3.8) is 0 Å². The molecule has 0 spiro atoms. The van der Waals surface area contributed by atoms with Crippen molar-refractivity contribution in [3.05, 3.63) is 115 Å². The molecular weight excluding hydrogens is 388 g/mol. The van der Waals surface area contributed by atoms with Gasteiger partial charge in [-0.3, -0.25) is 0 Å². The van der Waals surface area contributed by atoms with E-state index in [0.29, 0.717) is 5.56 Å². The van der Waals surface area contributed by atoms with Crippen LogP contribution in [0.3, 0.4) is 0 Å². The number of nitrogens with zero attached hydrogens (tertiary/aromatic N) is 1. The number of H-pyrrole nitrogens is 1. The van der Waals surface area contributed by atoms with Gasteiger partial charge in [-0.1, -0.05) is 78.6 Å². The quantitative estimate of drug-likeness (QED) is 0.291. The second-order valence-electron chi connectivity index (χ2n) is 7.33. The average Bonchev–Trinajstić information content (AvgIpc) is 3.57. The third kappa shape index (κ3) is 2.41. The Morgan fingerprint density at radius 2 is 1.38 bits per heavy atom. The van der Waals surface area contributed by atoms with Gasteiger partial charge in [-0.2, -0.15) is 0 Å². The Morgan fingerprint density at radius 1 is 0.562 bits per heavy atom. The Morgan fingerprint density at radius 3 is 2.25 bits per heavy atom. The Hall–Kier alpha value is -4.30. The van der Waals surface area contributed by atoms with E-state index in [2.05, 4.69) is 4.98 Å². The number of rotatable bonds is 2. The first-order valence-electron chi connectivity index (χ1n) is 16.4. The molecule has 0 radical (unpaired) electrons. The molecule has 2 nitrogen and oxygen atoms in total. The molecule has 0 unspecified atom stereocenters. The molecule has 0 bridgehead atoms. The SMILES string of the molecule is [2H]c1cccc(-c2c([2H])cc(-n3c4c([2H])c([2H])c([2H])c([2H])c4c4c5c([nH]c6c([2H])c([2H])c([2H])c([2H])c65)c([2H])c([2H])c43)cc2[2H])c1. The summed E-state index contributed by atoms with van der Waals surface area (Å²) in [6, 6.07) is 4.49. The largest absolute Gasteiger partial charge is 0.354 e. The van der Waals surface area contributed by atoms with Gasteiger partial charge in [0.15, 0.2) is 0 Å². The van der Waals surface area contributed by atoms with Gasteiger partial charge < -0.3 is 9.55 Å². The van der Waals surface area contributed by atoms with Crippen LogP contribution in [0, 0.1) is 0 Å². The molecule has 5 aromatic carbocycles. The van der Waals surface area contributed by atoms with Crippen molar-refractivity contribution >= 4 is 43.6 Å². The van der Waals surface area contributed by atoms with Crippen molar-refractivity contribution in [2.75, 3.05) is 0 Å². The predicted octanol–water partition coefficient (Wildman–Crippen LogP) is 8.09. The molecule has 2 aromatic heterocycles. The zero-order valence-corrected chi connectivity index (χ0v) is 16.4. The molecule has 150 valence electrons. The van der Waals surface area contributed by atoms with Crippen LogP contribution in [0.4, 0.5) is 0 Å². The number of hydrogen-bond donors (Lipinski definition) is 1. The standard InChI is InChI=1S/C30H20N2/c1-2-8-20(9-3-1)21-14-16-22(17-15-21)32-27-13-7-5-11-24(27)30-28(32)19-18-26-29(30)23-10-4-6-12-25(23)31-26/h1-19,31H/i2D,4D,5D,6D,7D,10D,11D,12D,13D,14D,15D,18D,19D. The third-order valence-corrected chi connectivity index (χ3v) is 5.58. The number of aromatic nitrogens is 2. The van der Waals surface area contributed by atoms with E-state index < -0.39 is 54.4 Å². The summed E-state index contributed by atoms with van der Waals surface area (Å²) in [6.07, 6.45) is 0. The van der Waals surface area contributed by atoms with Crippen molar-refractivity contribution in [1.29, 1.82) is 0 Å². The molecule has 7 aromatic rings. The Labute approximate surface area is 203 Å². The van der Waals surface area contributed by atoms with E-state index in [1.165, 1.54) is 22.8 Å². The van der Waals surface area contributed by atoms with Crippen molar-refractivity contribution in [2.45, 2.75) is 0 Å². The van der Waals surface area contributed by atoms with Gasteiger partial charge in [0, 0.05) is 38.3 Å². The van der Waals surface area contributed by atoms with E-state index in [4.69, 9.17) is 17.8 Å². The molecular formula is C30H20N2. The van der Waals surface area contributed by atoms with Crippen LogP contribution in [-0.4, -0.2) is 9.55 Å². The first kappa shape index (κ1) is 9.05. The van der Waals surface area contributed by atoms with Crippen LogP contribution in [0.5, 0.6) is 0 Å². The number of fused-ring (bicyclic) bond motifs is 7. The fourth-order valence-electron chi connectivity index (χ4n) is 4.21. The maximum Gasteiger partial charge on any atom is 0.0646 e. The summed E-state index contributed by atoms with van der Waals surface area (Å²) in [5, 5.41) is 0.150. The lowest BCUT2D eigenvalue weighted by Gasteiger charge is -2.09. The summed E-state index contributed by atoms with van der Waals surface area (Å²) in [5.74, 6) is 0. The minimum atomic E-state index is -0.563. The van der Waals surface area contributed by atoms with Gasteiger partial charge in [0.05, 0.1) is 28.9 Å². The second-order valence-corrected chi connectivity index (χ2v) is 7.33. The van der Waals surface area contributed by atoms with Gasteiger partial charge in [0.25, 0.3) is 0 Å². The van der Waals surface area contributed by atoms with Gasteiger partial charge >= 0.3 is 0 Å². The predicted molar refractivity (Wildman–Crippen MR) is 136 cm³/mol. The molecule has 7 rings (SSSR count). The molecule has 0 atom stereocenters. The summed E-state index contributed by atoms with van der Waals surface area (Å²) in [5.41, 5.74) is 0.703. The zero-order chi connectivity index (χ0) is 32.4. The van der Waals surface area contributed by atoms with Gasteiger partial charge in [-0.25, -0.2) is 0 Å². The van der Waals surface area contributed by atoms with Crippen LogP contribution in [0.2, 0.25) is 0 Å². The molecule has 2 heterocycles. The second kappa shape index (κ2) is 6.60. The summed E-state index contributed by atoms with van der Waals surface area (Å²) in [7, 11) is 0. The van der Waals surface area contributed by atoms with Gasteiger partial charge in [0.1, 0.15) is 0 Å². The van der Waals surface area contributed by atoms with E-state index in [-0.39, 0.29) is 79.0 Å². The summed E-state index contributed by atoms with van der Waals surface area (Å²) in [6.45, 7) is 0. The molecule has 0 fully saturated rings. The highest BCUT2D eigenvalue weighted by atomic mass is 15.0. The van der Waals surface area contributed by atoms with Crippen molar-refractivity contribution in [1.82, 2.24) is 9.55 Å². The zero-order valence-electron chi connectivity index (χ0n) is 29.4. The van der Waals surface area contributed by atoms with E-state index in [0.717, 1.165) is 0 Å². The van der Waals surface area contributed by atoms with Gasteiger partial charge in [0.2, 0.25) is 0 Å². The fourth-order valence-corrected chi connectivity index (χ4v) is 4.21. The van der Waals surface area contributed by atoms with Crippen molar-refractivity contribution < 1.29 is 17.8 Å². The smallest absolute Gasteiger partial charge is 0.0646 e. The summed E-state index contributed by atoms with van der Waals surface area (Å²) >= 11 is 0. The number of para-hydroxylation sites is 2. The van der Waals surface area contributed by atoms with Crippen molar-refractivity contribution in [3.8, 4) is 16.8 Å². The Balaban J connectivity index is 1.75. The number of hydrogen-bond acceptors (Lipinski definition) is 0. The lowest BCUT2D eigenvalue weighted by molar-refractivity contribution is 1.18.